The van der Waals surface area contributed by atoms with Crippen LogP contribution in [0.2, 0.25) is 0 Å². The third-order valence-electron chi connectivity index (χ3n) is 3.62. The fourth-order valence-corrected chi connectivity index (χ4v) is 3.65. The predicted molar refractivity (Wildman–Crippen MR) is 108 cm³/mol. The smallest absolute Gasteiger partial charge is 0.319 e. The zero-order valence-electron chi connectivity index (χ0n) is 15.7. The first kappa shape index (κ1) is 22.5. The molecule has 29 heavy (non-hydrogen) atoms. The van der Waals surface area contributed by atoms with Crippen molar-refractivity contribution in [3.05, 3.63) is 46.2 Å². The van der Waals surface area contributed by atoms with E-state index in [1.165, 1.54) is 35.6 Å². The molecule has 0 aliphatic rings. The summed E-state index contributed by atoms with van der Waals surface area (Å²) in [4.78, 5) is 40.2. The van der Waals surface area contributed by atoms with E-state index in [1.54, 1.807) is 19.2 Å². The van der Waals surface area contributed by atoms with E-state index in [-0.39, 0.29) is 11.7 Å². The number of anilines is 1. The number of benzene rings is 1. The van der Waals surface area contributed by atoms with Gasteiger partial charge in [-0.05, 0) is 38.1 Å². The summed E-state index contributed by atoms with van der Waals surface area (Å²) in [5.74, 6) is -3.09. The number of esters is 1. The molecule has 1 heterocycles. The Morgan fingerprint density at radius 2 is 2.03 bits per heavy atom. The predicted octanol–water partition coefficient (Wildman–Crippen LogP) is 3.07. The van der Waals surface area contributed by atoms with Crippen LogP contribution in [0.4, 0.5) is 10.1 Å². The van der Waals surface area contributed by atoms with E-state index in [0.29, 0.717) is 16.4 Å². The SMILES string of the molecule is Cc1csc(C(C#N)C(=O)COC(=O)C(C)SCC(=O)Nc2ccc(F)cc2)n1. The number of hydrogen-bond acceptors (Lipinski definition) is 8. The second kappa shape index (κ2) is 10.7. The van der Waals surface area contributed by atoms with Gasteiger partial charge in [-0.25, -0.2) is 9.37 Å². The molecule has 7 nitrogen and oxygen atoms in total. The van der Waals surface area contributed by atoms with Crippen LogP contribution in [0.25, 0.3) is 0 Å². The number of hydrogen-bond donors (Lipinski definition) is 1. The lowest BCUT2D eigenvalue weighted by molar-refractivity contribution is -0.147. The highest BCUT2D eigenvalue weighted by molar-refractivity contribution is 8.01. The number of carbonyl (C=O) groups is 3. The van der Waals surface area contributed by atoms with Crippen molar-refractivity contribution in [3.63, 3.8) is 0 Å². The second-order valence-corrected chi connectivity index (χ2v) is 8.19. The molecule has 1 aromatic heterocycles. The monoisotopic (exact) mass is 435 g/mol. The van der Waals surface area contributed by atoms with Crippen LogP contribution in [-0.4, -0.2) is 40.3 Å². The van der Waals surface area contributed by atoms with Gasteiger partial charge in [0.2, 0.25) is 5.91 Å². The molecule has 0 fully saturated rings. The topological polar surface area (TPSA) is 109 Å². The number of amides is 1. The Bertz CT molecular complexity index is 924. The lowest BCUT2D eigenvalue weighted by Gasteiger charge is -2.12. The number of Topliss-reactive ketones (excluding diaryl/α,β-unsaturated/α-hetero) is 1. The molecule has 2 aromatic rings. The molecule has 0 aliphatic carbocycles. The van der Waals surface area contributed by atoms with Crippen LogP contribution in [0, 0.1) is 24.1 Å². The van der Waals surface area contributed by atoms with E-state index in [0.717, 1.165) is 11.8 Å². The highest BCUT2D eigenvalue weighted by Gasteiger charge is 2.25. The highest BCUT2D eigenvalue weighted by atomic mass is 32.2. The van der Waals surface area contributed by atoms with Crippen molar-refractivity contribution in [3.8, 4) is 6.07 Å². The maximum Gasteiger partial charge on any atom is 0.319 e. The number of thioether (sulfide) groups is 1. The second-order valence-electron chi connectivity index (χ2n) is 5.97. The number of thiazole rings is 1. The molecular weight excluding hydrogens is 417 g/mol. The van der Waals surface area contributed by atoms with Gasteiger partial charge in [-0.15, -0.1) is 23.1 Å². The van der Waals surface area contributed by atoms with Gasteiger partial charge in [-0.1, -0.05) is 0 Å². The molecule has 1 N–H and O–H groups in total. The van der Waals surface area contributed by atoms with E-state index >= 15 is 0 Å². The number of ketones is 1. The number of nitrogens with zero attached hydrogens (tertiary/aromatic N) is 2. The van der Waals surface area contributed by atoms with E-state index in [2.05, 4.69) is 10.3 Å². The molecule has 2 rings (SSSR count). The largest absolute Gasteiger partial charge is 0.457 e. The van der Waals surface area contributed by atoms with Gasteiger partial charge in [0.1, 0.15) is 16.1 Å². The number of carbonyl (C=O) groups excluding carboxylic acids is 3. The first-order valence-electron chi connectivity index (χ1n) is 8.48. The Morgan fingerprint density at radius 1 is 1.34 bits per heavy atom. The molecule has 0 saturated carbocycles. The number of nitrogens with one attached hydrogen (secondary N) is 1. The van der Waals surface area contributed by atoms with Gasteiger partial charge < -0.3 is 10.1 Å². The van der Waals surface area contributed by atoms with Gasteiger partial charge in [-0.2, -0.15) is 5.26 Å². The van der Waals surface area contributed by atoms with Crippen molar-refractivity contribution in [1.82, 2.24) is 4.98 Å². The number of rotatable bonds is 9. The molecule has 1 amide bonds. The normalized spacial score (nSPS) is 12.5. The van der Waals surface area contributed by atoms with Crippen molar-refractivity contribution < 1.29 is 23.5 Å². The fraction of sp³-hybridized carbons (Fsp3) is 0.316. The van der Waals surface area contributed by atoms with E-state index in [4.69, 9.17) is 4.74 Å². The summed E-state index contributed by atoms with van der Waals surface area (Å²) in [5, 5.41) is 13.2. The summed E-state index contributed by atoms with van der Waals surface area (Å²) in [6.07, 6.45) is 0. The number of ether oxygens (including phenoxy) is 1. The lowest BCUT2D eigenvalue weighted by Crippen LogP contribution is -2.25. The fourth-order valence-electron chi connectivity index (χ4n) is 2.11. The van der Waals surface area contributed by atoms with Crippen molar-refractivity contribution in [2.24, 2.45) is 0 Å². The molecule has 2 atom stereocenters. The average Bonchev–Trinajstić information content (AvgIpc) is 3.12. The van der Waals surface area contributed by atoms with Gasteiger partial charge in [0.15, 0.2) is 18.3 Å². The standard InChI is InChI=1S/C19H18FN3O4S2/c1-11-9-29-18(22-11)15(7-21)16(24)8-27-19(26)12(2)28-10-17(25)23-14-5-3-13(20)4-6-14/h3-6,9,12,15H,8,10H2,1-2H3,(H,23,25). The Hall–Kier alpha value is -2.77. The summed E-state index contributed by atoms with van der Waals surface area (Å²) >= 11 is 2.23. The first-order valence-corrected chi connectivity index (χ1v) is 10.4. The minimum atomic E-state index is -1.08. The van der Waals surface area contributed by atoms with E-state index in [1.807, 2.05) is 6.07 Å². The molecular formula is C19H18FN3O4S2. The van der Waals surface area contributed by atoms with Crippen LogP contribution in [0.5, 0.6) is 0 Å². The molecule has 0 bridgehead atoms. The van der Waals surface area contributed by atoms with Gasteiger partial charge in [-0.3, -0.25) is 14.4 Å². The zero-order chi connectivity index (χ0) is 21.4. The maximum atomic E-state index is 12.9. The van der Waals surface area contributed by atoms with Crippen LogP contribution in [0.15, 0.2) is 29.6 Å². The molecule has 0 spiro atoms. The zero-order valence-corrected chi connectivity index (χ0v) is 17.3. The van der Waals surface area contributed by atoms with Gasteiger partial charge in [0.05, 0.1) is 11.8 Å². The Kier molecular flexibility index (Phi) is 8.30. The first-order chi connectivity index (χ1) is 13.8. The van der Waals surface area contributed by atoms with Crippen molar-refractivity contribution in [2.75, 3.05) is 17.7 Å². The molecule has 152 valence electrons. The molecule has 10 heteroatoms. The lowest BCUT2D eigenvalue weighted by atomic mass is 10.1. The molecule has 2 unspecified atom stereocenters. The minimum Gasteiger partial charge on any atom is -0.457 e. The number of halogens is 1. The van der Waals surface area contributed by atoms with Crippen molar-refractivity contribution in [2.45, 2.75) is 25.0 Å². The molecule has 0 aliphatic heterocycles. The van der Waals surface area contributed by atoms with Gasteiger partial charge >= 0.3 is 5.97 Å². The molecule has 0 radical (unpaired) electrons. The summed E-state index contributed by atoms with van der Waals surface area (Å²) in [5.41, 5.74) is 1.15. The summed E-state index contributed by atoms with van der Waals surface area (Å²) in [6.45, 7) is 2.76. The van der Waals surface area contributed by atoms with Crippen molar-refractivity contribution >= 4 is 46.4 Å². The van der Waals surface area contributed by atoms with Crippen LogP contribution in [0.3, 0.4) is 0 Å². The van der Waals surface area contributed by atoms with Gasteiger partial charge in [0.25, 0.3) is 0 Å². The number of aryl methyl sites for hydroxylation is 1. The van der Waals surface area contributed by atoms with E-state index in [9.17, 15) is 24.0 Å². The number of aromatic nitrogens is 1. The summed E-state index contributed by atoms with van der Waals surface area (Å²) in [7, 11) is 0. The molecule has 1 aromatic carbocycles. The third-order valence-corrected chi connectivity index (χ3v) is 5.76. The summed E-state index contributed by atoms with van der Waals surface area (Å²) in [6, 6.07) is 7.18. The van der Waals surface area contributed by atoms with E-state index < -0.39 is 35.3 Å². The van der Waals surface area contributed by atoms with Crippen LogP contribution in [0.1, 0.15) is 23.5 Å². The Labute approximate surface area is 175 Å². The average molecular weight is 436 g/mol. The minimum absolute atomic E-state index is 0.0270. The van der Waals surface area contributed by atoms with Crippen molar-refractivity contribution in [1.29, 1.82) is 5.26 Å². The van der Waals surface area contributed by atoms with Gasteiger partial charge in [0, 0.05) is 16.8 Å². The third kappa shape index (κ3) is 6.96. The quantitative estimate of drug-likeness (QED) is 0.603. The maximum absolute atomic E-state index is 12.9. The van der Waals surface area contributed by atoms with Crippen LogP contribution >= 0.6 is 23.1 Å². The highest BCUT2D eigenvalue weighted by Crippen LogP contribution is 2.21. The summed E-state index contributed by atoms with van der Waals surface area (Å²) < 4.78 is 17.8. The van der Waals surface area contributed by atoms with Crippen LogP contribution in [-0.2, 0) is 19.1 Å². The van der Waals surface area contributed by atoms with Crippen LogP contribution < -0.4 is 5.32 Å². The number of nitriles is 1. The molecule has 0 saturated heterocycles. The Balaban J connectivity index is 1.76. The Morgan fingerprint density at radius 3 is 2.62 bits per heavy atom.